The first-order valence-corrected chi connectivity index (χ1v) is 13.2. The molecule has 8 heteroatoms. The van der Waals surface area contributed by atoms with Crippen LogP contribution < -0.4 is 10.6 Å². The lowest BCUT2D eigenvalue weighted by atomic mass is 9.60. The van der Waals surface area contributed by atoms with Gasteiger partial charge in [0.25, 0.3) is 0 Å². The van der Waals surface area contributed by atoms with Gasteiger partial charge in [0.2, 0.25) is 11.8 Å². The number of anilines is 2. The number of para-hydroxylation sites is 1. The van der Waals surface area contributed by atoms with Gasteiger partial charge in [-0.25, -0.2) is 0 Å². The second-order valence-electron chi connectivity index (χ2n) is 10.4. The number of carbonyl (C=O) groups excluding carboxylic acids is 3. The van der Waals surface area contributed by atoms with Crippen molar-refractivity contribution in [1.82, 2.24) is 4.90 Å². The number of carbonyl (C=O) groups is 3. The molecule has 6 nitrogen and oxygen atoms in total. The van der Waals surface area contributed by atoms with Gasteiger partial charge in [0.1, 0.15) is 11.0 Å². The molecule has 0 bridgehead atoms. The molecule has 4 atom stereocenters. The fourth-order valence-corrected chi connectivity index (χ4v) is 7.97. The number of fused-ring (bicyclic) bond motifs is 7. The van der Waals surface area contributed by atoms with Crippen LogP contribution in [0.1, 0.15) is 39.9 Å². The summed E-state index contributed by atoms with van der Waals surface area (Å²) in [5.74, 6) is -1.84. The van der Waals surface area contributed by atoms with Gasteiger partial charge in [-0.05, 0) is 73.8 Å². The SMILES string of the molecule is Cc1cc(Cl)c2c(c1)C1(C(=O)N2)C(C(=O)c2ccc(Cl)cc2)C2(C(=O)Nc3ccccc32)C2CCCN21. The van der Waals surface area contributed by atoms with E-state index in [0.717, 1.165) is 17.5 Å². The summed E-state index contributed by atoms with van der Waals surface area (Å²) < 4.78 is 0. The molecular weight excluding hydrogens is 509 g/mol. The zero-order valence-corrected chi connectivity index (χ0v) is 21.5. The molecule has 0 aliphatic carbocycles. The highest BCUT2D eigenvalue weighted by atomic mass is 35.5. The van der Waals surface area contributed by atoms with Crippen molar-refractivity contribution in [2.75, 3.05) is 17.2 Å². The van der Waals surface area contributed by atoms with Gasteiger partial charge in [-0.15, -0.1) is 0 Å². The lowest BCUT2D eigenvalue weighted by molar-refractivity contribution is -0.128. The largest absolute Gasteiger partial charge is 0.325 e. The molecule has 186 valence electrons. The van der Waals surface area contributed by atoms with Crippen LogP contribution in [0.25, 0.3) is 0 Å². The maximum Gasteiger partial charge on any atom is 0.250 e. The molecule has 2 fully saturated rings. The molecule has 3 aromatic rings. The third-order valence-electron chi connectivity index (χ3n) is 8.72. The summed E-state index contributed by atoms with van der Waals surface area (Å²) in [5, 5.41) is 7.00. The number of nitrogens with one attached hydrogen (secondary N) is 2. The molecular formula is C29H23Cl2N3O3. The Hall–Kier alpha value is -3.19. The van der Waals surface area contributed by atoms with Crippen LogP contribution in [0.15, 0.2) is 60.7 Å². The molecule has 4 unspecified atom stereocenters. The van der Waals surface area contributed by atoms with Gasteiger partial charge in [-0.1, -0.05) is 47.5 Å². The van der Waals surface area contributed by atoms with Crippen molar-refractivity contribution in [2.45, 2.75) is 36.8 Å². The Balaban J connectivity index is 1.60. The van der Waals surface area contributed by atoms with Crippen molar-refractivity contribution in [3.63, 3.8) is 0 Å². The number of amides is 2. The van der Waals surface area contributed by atoms with E-state index in [4.69, 9.17) is 23.2 Å². The Bertz CT molecular complexity index is 1540. The summed E-state index contributed by atoms with van der Waals surface area (Å²) in [7, 11) is 0. The molecule has 2 saturated heterocycles. The molecule has 2 N–H and O–H groups in total. The highest BCUT2D eigenvalue weighted by molar-refractivity contribution is 6.35. The second kappa shape index (κ2) is 7.67. The summed E-state index contributed by atoms with van der Waals surface area (Å²) in [5.41, 5.74) is 1.27. The van der Waals surface area contributed by atoms with Gasteiger partial charge in [-0.2, -0.15) is 0 Å². The quantitative estimate of drug-likeness (QED) is 0.439. The second-order valence-corrected chi connectivity index (χ2v) is 11.3. The maximum atomic E-state index is 14.7. The van der Waals surface area contributed by atoms with Gasteiger partial charge in [-0.3, -0.25) is 19.3 Å². The van der Waals surface area contributed by atoms with Crippen LogP contribution in [0.2, 0.25) is 10.0 Å². The number of rotatable bonds is 2. The topological polar surface area (TPSA) is 78.5 Å². The molecule has 3 aromatic carbocycles. The number of Topliss-reactive ketones (excluding diaryl/α,β-unsaturated/α-hetero) is 1. The van der Waals surface area contributed by atoms with Gasteiger partial charge in [0.05, 0.1) is 16.6 Å². The maximum absolute atomic E-state index is 14.7. The Kier molecular flexibility index (Phi) is 4.76. The predicted molar refractivity (Wildman–Crippen MR) is 142 cm³/mol. The fourth-order valence-electron chi connectivity index (χ4n) is 7.52. The summed E-state index contributed by atoms with van der Waals surface area (Å²) in [4.78, 5) is 45.4. The summed E-state index contributed by atoms with van der Waals surface area (Å²) in [6.07, 6.45) is 1.50. The van der Waals surface area contributed by atoms with E-state index in [2.05, 4.69) is 15.5 Å². The van der Waals surface area contributed by atoms with Crippen molar-refractivity contribution in [3.8, 4) is 0 Å². The van der Waals surface area contributed by atoms with Gasteiger partial charge in [0, 0.05) is 27.9 Å². The number of halogens is 2. The minimum atomic E-state index is -1.39. The highest BCUT2D eigenvalue weighted by Gasteiger charge is 2.78. The van der Waals surface area contributed by atoms with E-state index in [9.17, 15) is 14.4 Å². The minimum absolute atomic E-state index is 0.241. The first-order valence-electron chi connectivity index (χ1n) is 12.4. The zero-order chi connectivity index (χ0) is 25.7. The van der Waals surface area contributed by atoms with E-state index >= 15 is 0 Å². The van der Waals surface area contributed by atoms with E-state index in [1.807, 2.05) is 37.3 Å². The first-order chi connectivity index (χ1) is 17.8. The molecule has 7 rings (SSSR count). The standard InChI is InChI=1S/C29H23Cl2N3O3/c1-15-13-19-23(20(31)14-15)33-27(37)29(19)25(24(35)16-8-10-17(30)11-9-16)28(22-7-4-12-34(22)29)18-5-2-3-6-21(18)32-26(28)36/h2-3,5-6,8-11,13-14,22,25H,4,7,12H2,1H3,(H,32,36)(H,33,37). The van der Waals surface area contributed by atoms with Gasteiger partial charge in [0.15, 0.2) is 5.78 Å². The fraction of sp³-hybridized carbons (Fsp3) is 0.276. The molecule has 37 heavy (non-hydrogen) atoms. The molecule has 4 aliphatic rings. The molecule has 4 aliphatic heterocycles. The zero-order valence-electron chi connectivity index (χ0n) is 20.0. The molecule has 0 saturated carbocycles. The Morgan fingerprint density at radius 1 is 0.973 bits per heavy atom. The Morgan fingerprint density at radius 3 is 2.51 bits per heavy atom. The van der Waals surface area contributed by atoms with E-state index in [1.165, 1.54) is 0 Å². The molecule has 2 spiro atoms. The van der Waals surface area contributed by atoms with Crippen molar-refractivity contribution in [1.29, 1.82) is 0 Å². The third kappa shape index (κ3) is 2.68. The average molecular weight is 532 g/mol. The van der Waals surface area contributed by atoms with Gasteiger partial charge < -0.3 is 10.6 Å². The van der Waals surface area contributed by atoms with Crippen molar-refractivity contribution in [3.05, 3.63) is 93.0 Å². The van der Waals surface area contributed by atoms with Crippen molar-refractivity contribution >= 4 is 52.2 Å². The molecule has 0 radical (unpaired) electrons. The number of hydrogen-bond acceptors (Lipinski definition) is 4. The lowest BCUT2D eigenvalue weighted by Crippen LogP contribution is -2.55. The van der Waals surface area contributed by atoms with E-state index in [-0.39, 0.29) is 23.6 Å². The average Bonchev–Trinajstić information content (AvgIpc) is 3.59. The number of aryl methyl sites for hydroxylation is 1. The van der Waals surface area contributed by atoms with Crippen LogP contribution in [0.5, 0.6) is 0 Å². The Labute approximate surface area is 223 Å². The van der Waals surface area contributed by atoms with Crippen LogP contribution in [0, 0.1) is 12.8 Å². The summed E-state index contributed by atoms with van der Waals surface area (Å²) in [6, 6.07) is 17.6. The number of ketones is 1. The summed E-state index contributed by atoms with van der Waals surface area (Å²) >= 11 is 12.8. The van der Waals surface area contributed by atoms with Crippen LogP contribution >= 0.6 is 23.2 Å². The molecule has 4 heterocycles. The summed E-state index contributed by atoms with van der Waals surface area (Å²) in [6.45, 7) is 2.51. The minimum Gasteiger partial charge on any atom is -0.325 e. The molecule has 0 aromatic heterocycles. The Morgan fingerprint density at radius 2 is 1.73 bits per heavy atom. The van der Waals surface area contributed by atoms with Crippen LogP contribution in [-0.4, -0.2) is 35.1 Å². The monoisotopic (exact) mass is 531 g/mol. The van der Waals surface area contributed by atoms with Crippen molar-refractivity contribution in [2.24, 2.45) is 5.92 Å². The number of nitrogens with zero attached hydrogens (tertiary/aromatic N) is 1. The normalized spacial score (nSPS) is 29.4. The van der Waals surface area contributed by atoms with Crippen LogP contribution in [-0.2, 0) is 20.5 Å². The van der Waals surface area contributed by atoms with E-state index < -0.39 is 16.9 Å². The lowest BCUT2D eigenvalue weighted by Gasteiger charge is -2.38. The first kappa shape index (κ1) is 23.0. The van der Waals surface area contributed by atoms with E-state index in [0.29, 0.717) is 45.5 Å². The van der Waals surface area contributed by atoms with Gasteiger partial charge >= 0.3 is 0 Å². The smallest absolute Gasteiger partial charge is 0.250 e. The van der Waals surface area contributed by atoms with E-state index in [1.54, 1.807) is 30.3 Å². The highest BCUT2D eigenvalue weighted by Crippen LogP contribution is 2.66. The number of benzene rings is 3. The third-order valence-corrected chi connectivity index (χ3v) is 9.27. The molecule has 2 amide bonds. The van der Waals surface area contributed by atoms with Crippen LogP contribution in [0.3, 0.4) is 0 Å². The predicted octanol–water partition coefficient (Wildman–Crippen LogP) is 5.32. The van der Waals surface area contributed by atoms with Crippen LogP contribution in [0.4, 0.5) is 11.4 Å². The van der Waals surface area contributed by atoms with Crippen molar-refractivity contribution < 1.29 is 14.4 Å². The number of hydrogen-bond donors (Lipinski definition) is 2.